The summed E-state index contributed by atoms with van der Waals surface area (Å²) in [5.41, 5.74) is 4.90. The number of primary amides is 1. The van der Waals surface area contributed by atoms with Crippen LogP contribution in [0.2, 0.25) is 0 Å². The molecule has 0 saturated heterocycles. The lowest BCUT2D eigenvalue weighted by Gasteiger charge is -2.05. The van der Waals surface area contributed by atoms with Crippen LogP contribution in [-0.2, 0) is 14.8 Å². The summed E-state index contributed by atoms with van der Waals surface area (Å²) in [6, 6.07) is 6.19. The molecule has 0 spiro atoms. The number of halogens is 1. The Morgan fingerprint density at radius 1 is 1.31 bits per heavy atom. The lowest BCUT2D eigenvalue weighted by atomic mass is 10.4. The maximum atomic E-state index is 11.6. The van der Waals surface area contributed by atoms with Gasteiger partial charge in [0.25, 0.3) is 0 Å². The highest BCUT2D eigenvalue weighted by atomic mass is 79.9. The lowest BCUT2D eigenvalue weighted by molar-refractivity contribution is -0.117. The second kappa shape index (κ2) is 5.42. The highest BCUT2D eigenvalue weighted by Crippen LogP contribution is 2.14. The van der Waals surface area contributed by atoms with Crippen molar-refractivity contribution in [2.75, 3.05) is 6.54 Å². The van der Waals surface area contributed by atoms with E-state index in [1.54, 1.807) is 12.1 Å². The van der Waals surface area contributed by atoms with Gasteiger partial charge in [0.15, 0.2) is 0 Å². The Morgan fingerprint density at radius 3 is 2.38 bits per heavy atom. The minimum atomic E-state index is -3.55. The van der Waals surface area contributed by atoms with Gasteiger partial charge in [0, 0.05) is 17.4 Å². The molecule has 16 heavy (non-hydrogen) atoms. The zero-order valence-corrected chi connectivity index (χ0v) is 10.7. The molecule has 3 N–H and O–H groups in total. The number of carbonyl (C=O) groups is 1. The molecule has 7 heteroatoms. The second-order valence-electron chi connectivity index (χ2n) is 3.07. The van der Waals surface area contributed by atoms with Gasteiger partial charge in [-0.2, -0.15) is 0 Å². The number of hydrogen-bond acceptors (Lipinski definition) is 3. The number of hydrogen-bond donors (Lipinski definition) is 2. The summed E-state index contributed by atoms with van der Waals surface area (Å²) >= 11 is 3.21. The normalized spacial score (nSPS) is 11.3. The van der Waals surface area contributed by atoms with E-state index < -0.39 is 15.9 Å². The van der Waals surface area contributed by atoms with Gasteiger partial charge in [0.1, 0.15) is 0 Å². The van der Waals surface area contributed by atoms with Crippen LogP contribution in [0.4, 0.5) is 0 Å². The van der Waals surface area contributed by atoms with Gasteiger partial charge in [0.05, 0.1) is 4.90 Å². The fourth-order valence-corrected chi connectivity index (χ4v) is 2.30. The summed E-state index contributed by atoms with van der Waals surface area (Å²) in [6.45, 7) is 0.00767. The fraction of sp³-hybridized carbons (Fsp3) is 0.222. The average Bonchev–Trinajstić information content (AvgIpc) is 2.17. The third-order valence-corrected chi connectivity index (χ3v) is 3.79. The van der Waals surface area contributed by atoms with Crippen LogP contribution in [0.3, 0.4) is 0 Å². The third kappa shape index (κ3) is 3.92. The van der Waals surface area contributed by atoms with Crippen molar-refractivity contribution in [3.8, 4) is 0 Å². The van der Waals surface area contributed by atoms with Crippen LogP contribution in [0.15, 0.2) is 33.6 Å². The predicted molar refractivity (Wildman–Crippen MR) is 63.1 cm³/mol. The zero-order valence-electron chi connectivity index (χ0n) is 8.31. The van der Waals surface area contributed by atoms with Crippen LogP contribution in [0.25, 0.3) is 0 Å². The van der Waals surface area contributed by atoms with Gasteiger partial charge >= 0.3 is 0 Å². The van der Waals surface area contributed by atoms with Gasteiger partial charge < -0.3 is 5.73 Å². The molecule has 1 aromatic carbocycles. The molecule has 0 radical (unpaired) electrons. The molecule has 0 fully saturated rings. The first-order valence-electron chi connectivity index (χ1n) is 4.45. The topological polar surface area (TPSA) is 89.3 Å². The molecule has 0 aromatic heterocycles. The Balaban J connectivity index is 2.71. The van der Waals surface area contributed by atoms with Gasteiger partial charge in [0.2, 0.25) is 15.9 Å². The lowest BCUT2D eigenvalue weighted by Crippen LogP contribution is -2.27. The highest BCUT2D eigenvalue weighted by molar-refractivity contribution is 9.10. The molecule has 0 unspecified atom stereocenters. The maximum Gasteiger partial charge on any atom is 0.240 e. The Morgan fingerprint density at radius 2 is 1.88 bits per heavy atom. The summed E-state index contributed by atoms with van der Waals surface area (Å²) < 4.78 is 26.4. The summed E-state index contributed by atoms with van der Waals surface area (Å²) in [4.78, 5) is 10.6. The van der Waals surface area contributed by atoms with Crippen molar-refractivity contribution in [2.24, 2.45) is 5.73 Å². The number of sulfonamides is 1. The average molecular weight is 307 g/mol. The highest BCUT2D eigenvalue weighted by Gasteiger charge is 2.12. The molecule has 1 amide bonds. The van der Waals surface area contributed by atoms with E-state index in [-0.39, 0.29) is 17.9 Å². The molecule has 1 rings (SSSR count). The van der Waals surface area contributed by atoms with Gasteiger partial charge in [-0.05, 0) is 24.3 Å². The predicted octanol–water partition coefficient (Wildman–Crippen LogP) is 0.603. The number of rotatable bonds is 5. The first kappa shape index (κ1) is 13.1. The summed E-state index contributed by atoms with van der Waals surface area (Å²) in [5, 5.41) is 0. The minimum absolute atomic E-state index is 0.00767. The molecule has 88 valence electrons. The van der Waals surface area contributed by atoms with Gasteiger partial charge in [-0.1, -0.05) is 15.9 Å². The smallest absolute Gasteiger partial charge is 0.240 e. The molecule has 0 bridgehead atoms. The second-order valence-corrected chi connectivity index (χ2v) is 5.75. The molecule has 0 aliphatic heterocycles. The SMILES string of the molecule is NC(=O)CCNS(=O)(=O)c1ccc(Br)cc1. The molecule has 0 aliphatic carbocycles. The van der Waals surface area contributed by atoms with E-state index in [0.717, 1.165) is 4.47 Å². The first-order valence-corrected chi connectivity index (χ1v) is 6.73. The number of benzene rings is 1. The van der Waals surface area contributed by atoms with Gasteiger partial charge in [-0.15, -0.1) is 0 Å². The van der Waals surface area contributed by atoms with Crippen molar-refractivity contribution in [3.63, 3.8) is 0 Å². The van der Waals surface area contributed by atoms with E-state index in [1.807, 2.05) is 0 Å². The van der Waals surface area contributed by atoms with E-state index in [0.29, 0.717) is 0 Å². The molecule has 0 saturated carbocycles. The number of nitrogens with two attached hydrogens (primary N) is 1. The molecular weight excluding hydrogens is 296 g/mol. The monoisotopic (exact) mass is 306 g/mol. The minimum Gasteiger partial charge on any atom is -0.370 e. The fourth-order valence-electron chi connectivity index (χ4n) is 1.01. The van der Waals surface area contributed by atoms with Crippen LogP contribution in [0.5, 0.6) is 0 Å². The zero-order chi connectivity index (χ0) is 12.2. The molecule has 5 nitrogen and oxygen atoms in total. The van der Waals surface area contributed by atoms with E-state index >= 15 is 0 Å². The summed E-state index contributed by atoms with van der Waals surface area (Å²) in [7, 11) is -3.55. The van der Waals surface area contributed by atoms with Crippen molar-refractivity contribution in [3.05, 3.63) is 28.7 Å². The Bertz CT molecular complexity index is 470. The molecular formula is C9H11BrN2O3S. The summed E-state index contributed by atoms with van der Waals surface area (Å²) in [6.07, 6.45) is -0.0181. The standard InChI is InChI=1S/C9H11BrN2O3S/c10-7-1-3-8(4-2-7)16(14,15)12-6-5-9(11)13/h1-4,12H,5-6H2,(H2,11,13). The van der Waals surface area contributed by atoms with Gasteiger partial charge in [-0.25, -0.2) is 13.1 Å². The largest absolute Gasteiger partial charge is 0.370 e. The van der Waals surface area contributed by atoms with Crippen molar-refractivity contribution in [1.82, 2.24) is 4.72 Å². The Hall–Kier alpha value is -0.920. The van der Waals surface area contributed by atoms with Crippen LogP contribution in [0, 0.1) is 0 Å². The van der Waals surface area contributed by atoms with Crippen LogP contribution in [0.1, 0.15) is 6.42 Å². The summed E-state index contributed by atoms with van der Waals surface area (Å²) in [5.74, 6) is -0.543. The maximum absolute atomic E-state index is 11.6. The molecule has 0 heterocycles. The Kier molecular flexibility index (Phi) is 4.45. The molecule has 0 atom stereocenters. The first-order chi connectivity index (χ1) is 7.42. The van der Waals surface area contributed by atoms with E-state index in [9.17, 15) is 13.2 Å². The quantitative estimate of drug-likeness (QED) is 0.835. The Labute approximate surface area is 102 Å². The number of carbonyl (C=O) groups excluding carboxylic acids is 1. The van der Waals surface area contributed by atoms with Crippen molar-refractivity contribution >= 4 is 31.9 Å². The van der Waals surface area contributed by atoms with Crippen molar-refractivity contribution in [1.29, 1.82) is 0 Å². The van der Waals surface area contributed by atoms with Crippen LogP contribution in [-0.4, -0.2) is 20.9 Å². The van der Waals surface area contributed by atoms with Crippen LogP contribution >= 0.6 is 15.9 Å². The van der Waals surface area contributed by atoms with E-state index in [4.69, 9.17) is 5.73 Å². The van der Waals surface area contributed by atoms with E-state index in [1.165, 1.54) is 12.1 Å². The van der Waals surface area contributed by atoms with Gasteiger partial charge in [-0.3, -0.25) is 4.79 Å². The van der Waals surface area contributed by atoms with Crippen molar-refractivity contribution in [2.45, 2.75) is 11.3 Å². The van der Waals surface area contributed by atoms with Crippen LogP contribution < -0.4 is 10.5 Å². The third-order valence-electron chi connectivity index (χ3n) is 1.79. The number of nitrogens with one attached hydrogen (secondary N) is 1. The van der Waals surface area contributed by atoms with E-state index in [2.05, 4.69) is 20.7 Å². The molecule has 0 aliphatic rings. The number of amides is 1. The van der Waals surface area contributed by atoms with Crippen molar-refractivity contribution < 1.29 is 13.2 Å². The molecule has 1 aromatic rings.